The molecule has 0 aliphatic heterocycles. The van der Waals surface area contributed by atoms with Gasteiger partial charge < -0.3 is 4.74 Å². The monoisotopic (exact) mass is 385 g/mol. The lowest BCUT2D eigenvalue weighted by Crippen LogP contribution is -2.28. The summed E-state index contributed by atoms with van der Waals surface area (Å²) in [5.74, 6) is 0.702. The summed E-state index contributed by atoms with van der Waals surface area (Å²) in [7, 11) is 1.59. The van der Waals surface area contributed by atoms with Crippen molar-refractivity contribution in [3.8, 4) is 5.75 Å². The number of ether oxygens (including phenoxy) is 1. The topological polar surface area (TPSA) is 74.1 Å². The number of nitrogens with zero attached hydrogens (tertiary/aromatic N) is 3. The van der Waals surface area contributed by atoms with E-state index in [-0.39, 0.29) is 23.8 Å². The average Bonchev–Trinajstić information content (AvgIpc) is 2.65. The van der Waals surface area contributed by atoms with E-state index in [0.717, 1.165) is 10.2 Å². The predicted octanol–water partition coefficient (Wildman–Crippen LogP) is 3.29. The van der Waals surface area contributed by atoms with Crippen molar-refractivity contribution in [2.45, 2.75) is 26.3 Å². The molecule has 6 nitrogen and oxygen atoms in total. The van der Waals surface area contributed by atoms with Crippen LogP contribution in [0.1, 0.15) is 18.9 Å². The number of carbonyl (C=O) groups excluding carboxylic acids is 1. The number of ketones is 1. The Kier molecular flexibility index (Phi) is 5.86. The molecule has 0 N–H and O–H groups in total. The van der Waals surface area contributed by atoms with Gasteiger partial charge in [0.05, 0.1) is 12.5 Å². The zero-order valence-corrected chi connectivity index (χ0v) is 15.9. The van der Waals surface area contributed by atoms with Crippen molar-refractivity contribution in [1.29, 1.82) is 0 Å². The van der Waals surface area contributed by atoms with Crippen LogP contribution in [-0.2, 0) is 17.8 Å². The van der Waals surface area contributed by atoms with Crippen LogP contribution < -0.4 is 10.3 Å². The molecule has 0 unspecified atom stereocenters. The van der Waals surface area contributed by atoms with Gasteiger partial charge in [0.25, 0.3) is 5.56 Å². The third-order valence-electron chi connectivity index (χ3n) is 4.36. The number of benzene rings is 2. The second-order valence-electron chi connectivity index (χ2n) is 6.58. The Bertz CT molecular complexity index is 1030. The lowest BCUT2D eigenvalue weighted by molar-refractivity contribution is -0.120. The molecule has 1 heterocycles. The van der Waals surface area contributed by atoms with E-state index in [1.807, 2.05) is 19.1 Å². The van der Waals surface area contributed by atoms with Gasteiger partial charge in [-0.05, 0) is 42.2 Å². The Morgan fingerprint density at radius 3 is 2.78 bits per heavy atom. The molecule has 0 amide bonds. The number of methoxy groups -OCH3 is 1. The molecular formula is C20H20ClN3O3. The van der Waals surface area contributed by atoms with E-state index in [1.54, 1.807) is 37.4 Å². The van der Waals surface area contributed by atoms with Crippen LogP contribution in [0.5, 0.6) is 5.75 Å². The summed E-state index contributed by atoms with van der Waals surface area (Å²) in [4.78, 5) is 24.8. The van der Waals surface area contributed by atoms with E-state index in [4.69, 9.17) is 16.3 Å². The lowest BCUT2D eigenvalue weighted by atomic mass is 9.96. The molecule has 0 radical (unpaired) electrons. The minimum absolute atomic E-state index is 0.0705. The van der Waals surface area contributed by atoms with E-state index < -0.39 is 0 Å². The summed E-state index contributed by atoms with van der Waals surface area (Å²) < 4.78 is 6.27. The number of halogens is 1. The fourth-order valence-electron chi connectivity index (χ4n) is 3.02. The van der Waals surface area contributed by atoms with Crippen LogP contribution in [0.15, 0.2) is 47.3 Å². The van der Waals surface area contributed by atoms with Crippen LogP contribution in [0.4, 0.5) is 0 Å². The van der Waals surface area contributed by atoms with Crippen molar-refractivity contribution in [3.05, 3.63) is 63.4 Å². The van der Waals surface area contributed by atoms with Crippen molar-refractivity contribution < 1.29 is 9.53 Å². The van der Waals surface area contributed by atoms with Crippen molar-refractivity contribution in [2.24, 2.45) is 5.92 Å². The molecule has 1 atom stereocenters. The summed E-state index contributed by atoms with van der Waals surface area (Å²) in [5.41, 5.74) is 1.17. The second-order valence-corrected chi connectivity index (χ2v) is 6.99. The number of Topliss-reactive ketones (excluding diaryl/α,β-unsaturated/α-hetero) is 1. The Morgan fingerprint density at radius 1 is 1.26 bits per heavy atom. The Morgan fingerprint density at radius 2 is 2.04 bits per heavy atom. The van der Waals surface area contributed by atoms with Gasteiger partial charge in [-0.25, -0.2) is 4.68 Å². The first-order valence-electron chi connectivity index (χ1n) is 8.64. The molecular weight excluding hydrogens is 366 g/mol. The maximum Gasteiger partial charge on any atom is 0.278 e. The number of fused-ring (bicyclic) bond motifs is 1. The van der Waals surface area contributed by atoms with Gasteiger partial charge in [0, 0.05) is 11.4 Å². The molecule has 3 aromatic rings. The summed E-state index contributed by atoms with van der Waals surface area (Å²) in [6.07, 6.45) is 0.982. The third-order valence-corrected chi connectivity index (χ3v) is 4.71. The van der Waals surface area contributed by atoms with E-state index in [9.17, 15) is 9.59 Å². The van der Waals surface area contributed by atoms with Gasteiger partial charge in [-0.1, -0.05) is 41.9 Å². The highest BCUT2D eigenvalue weighted by molar-refractivity contribution is 6.31. The molecule has 0 saturated heterocycles. The van der Waals surface area contributed by atoms with Gasteiger partial charge in [0.1, 0.15) is 17.8 Å². The van der Waals surface area contributed by atoms with E-state index in [2.05, 4.69) is 10.3 Å². The molecule has 0 aliphatic rings. The minimum atomic E-state index is -0.306. The molecule has 2 aromatic carbocycles. The molecule has 140 valence electrons. The highest BCUT2D eigenvalue weighted by atomic mass is 35.5. The van der Waals surface area contributed by atoms with Crippen LogP contribution in [0.3, 0.4) is 0 Å². The molecule has 0 aliphatic carbocycles. The normalized spacial score (nSPS) is 12.1. The fourth-order valence-corrected chi connectivity index (χ4v) is 3.26. The molecule has 3 rings (SSSR count). The van der Waals surface area contributed by atoms with Crippen molar-refractivity contribution in [3.63, 3.8) is 0 Å². The Hall–Kier alpha value is -2.73. The fraction of sp³-hybridized carbons (Fsp3) is 0.300. The first-order valence-corrected chi connectivity index (χ1v) is 9.02. The highest BCUT2D eigenvalue weighted by Gasteiger charge is 2.15. The van der Waals surface area contributed by atoms with Gasteiger partial charge in [-0.15, -0.1) is 5.10 Å². The second kappa shape index (κ2) is 8.31. The van der Waals surface area contributed by atoms with Gasteiger partial charge in [-0.3, -0.25) is 9.59 Å². The highest BCUT2D eigenvalue weighted by Crippen LogP contribution is 2.25. The third kappa shape index (κ3) is 4.52. The van der Waals surface area contributed by atoms with E-state index in [0.29, 0.717) is 34.5 Å². The van der Waals surface area contributed by atoms with Crippen molar-refractivity contribution in [2.75, 3.05) is 7.11 Å². The van der Waals surface area contributed by atoms with Crippen LogP contribution in [0, 0.1) is 5.92 Å². The van der Waals surface area contributed by atoms with Gasteiger partial charge in [-0.2, -0.15) is 0 Å². The molecule has 27 heavy (non-hydrogen) atoms. The molecule has 7 heteroatoms. The maximum atomic E-state index is 12.4. The molecule has 1 aromatic heterocycles. The summed E-state index contributed by atoms with van der Waals surface area (Å²) >= 11 is 6.27. The Balaban J connectivity index is 1.65. The van der Waals surface area contributed by atoms with Crippen LogP contribution in [0.25, 0.3) is 10.9 Å². The molecule has 0 spiro atoms. The SMILES string of the molecule is COc1ccc(C[C@H](C)CC(=O)Cn2nnc3ccccc3c2=O)c(Cl)c1. The number of hydrogen-bond acceptors (Lipinski definition) is 5. The van der Waals surface area contributed by atoms with Gasteiger partial charge >= 0.3 is 0 Å². The van der Waals surface area contributed by atoms with Crippen LogP contribution >= 0.6 is 11.6 Å². The molecule has 0 bridgehead atoms. The van der Waals surface area contributed by atoms with Crippen molar-refractivity contribution >= 4 is 28.3 Å². The van der Waals surface area contributed by atoms with Crippen LogP contribution in [0.2, 0.25) is 5.02 Å². The van der Waals surface area contributed by atoms with Gasteiger partial charge in [0.15, 0.2) is 5.78 Å². The molecule has 0 fully saturated rings. The average molecular weight is 386 g/mol. The summed E-state index contributed by atoms with van der Waals surface area (Å²) in [6.45, 7) is 1.89. The number of carbonyl (C=O) groups is 1. The summed E-state index contributed by atoms with van der Waals surface area (Å²) in [6, 6.07) is 12.5. The van der Waals surface area contributed by atoms with E-state index >= 15 is 0 Å². The first kappa shape index (κ1) is 19.0. The predicted molar refractivity (Wildman–Crippen MR) is 104 cm³/mol. The smallest absolute Gasteiger partial charge is 0.278 e. The van der Waals surface area contributed by atoms with Gasteiger partial charge in [0.2, 0.25) is 0 Å². The summed E-state index contributed by atoms with van der Waals surface area (Å²) in [5, 5.41) is 8.94. The quantitative estimate of drug-likeness (QED) is 0.623. The zero-order chi connectivity index (χ0) is 19.4. The first-order chi connectivity index (χ1) is 13.0. The minimum Gasteiger partial charge on any atom is -0.497 e. The maximum absolute atomic E-state index is 12.4. The zero-order valence-electron chi connectivity index (χ0n) is 15.2. The lowest BCUT2D eigenvalue weighted by Gasteiger charge is -2.13. The van der Waals surface area contributed by atoms with Crippen molar-refractivity contribution in [1.82, 2.24) is 15.0 Å². The standard InChI is InChI=1S/C20H20ClN3O3/c1-13(9-14-7-8-16(27-2)11-18(14)21)10-15(25)12-24-20(26)17-5-3-4-6-19(17)22-23-24/h3-8,11,13H,9-10,12H2,1-2H3/t13-/m0/s1. The largest absolute Gasteiger partial charge is 0.497 e. The Labute approximate surface area is 161 Å². The number of aromatic nitrogens is 3. The number of rotatable bonds is 7. The van der Waals surface area contributed by atoms with E-state index in [1.165, 1.54) is 0 Å². The number of hydrogen-bond donors (Lipinski definition) is 0. The van der Waals surface area contributed by atoms with Crippen LogP contribution in [-0.4, -0.2) is 27.9 Å². The molecule has 0 saturated carbocycles.